The Morgan fingerprint density at radius 2 is 1.95 bits per heavy atom. The minimum absolute atomic E-state index is 0.198. The second kappa shape index (κ2) is 9.78. The van der Waals surface area contributed by atoms with Crippen LogP contribution in [0, 0.1) is 0 Å². The van der Waals surface area contributed by atoms with Crippen molar-refractivity contribution in [2.24, 2.45) is 0 Å². The van der Waals surface area contributed by atoms with Gasteiger partial charge in [-0.2, -0.15) is 0 Å². The maximum absolute atomic E-state index is 5.70. The summed E-state index contributed by atoms with van der Waals surface area (Å²) in [6.07, 6.45) is 3.48. The quantitative estimate of drug-likeness (QED) is 0.703. The van der Waals surface area contributed by atoms with Gasteiger partial charge in [-0.15, -0.1) is 0 Å². The molecular weight excluding hydrogens is 250 g/mol. The number of methoxy groups -OCH3 is 1. The van der Waals surface area contributed by atoms with Gasteiger partial charge < -0.3 is 14.8 Å². The molecular formula is C17H29NO2. The van der Waals surface area contributed by atoms with Crippen molar-refractivity contribution in [1.82, 2.24) is 5.32 Å². The van der Waals surface area contributed by atoms with Crippen molar-refractivity contribution in [1.29, 1.82) is 0 Å². The Bertz CT molecular complexity index is 368. The molecule has 3 heteroatoms. The summed E-state index contributed by atoms with van der Waals surface area (Å²) in [5, 5.41) is 3.61. The minimum atomic E-state index is 0.198. The first-order valence-electron chi connectivity index (χ1n) is 7.75. The monoisotopic (exact) mass is 279 g/mol. The van der Waals surface area contributed by atoms with E-state index in [1.807, 2.05) is 13.0 Å². The Hall–Kier alpha value is -1.06. The average molecular weight is 279 g/mol. The van der Waals surface area contributed by atoms with Gasteiger partial charge in [0.25, 0.3) is 0 Å². The number of hydrogen-bond acceptors (Lipinski definition) is 3. The zero-order valence-corrected chi connectivity index (χ0v) is 13.3. The molecule has 0 saturated heterocycles. The van der Waals surface area contributed by atoms with Crippen LogP contribution in [0.15, 0.2) is 24.3 Å². The van der Waals surface area contributed by atoms with Crippen molar-refractivity contribution in [3.63, 3.8) is 0 Å². The Balaban J connectivity index is 2.92. The van der Waals surface area contributed by atoms with E-state index in [-0.39, 0.29) is 12.1 Å². The van der Waals surface area contributed by atoms with Gasteiger partial charge in [0, 0.05) is 7.11 Å². The second-order valence-corrected chi connectivity index (χ2v) is 5.00. The zero-order valence-electron chi connectivity index (χ0n) is 13.3. The van der Waals surface area contributed by atoms with Crippen molar-refractivity contribution >= 4 is 0 Å². The molecule has 1 N–H and O–H groups in total. The van der Waals surface area contributed by atoms with E-state index < -0.39 is 0 Å². The molecule has 0 aliphatic heterocycles. The summed E-state index contributed by atoms with van der Waals surface area (Å²) in [5.41, 5.74) is 1.24. The van der Waals surface area contributed by atoms with Gasteiger partial charge in [0.05, 0.1) is 18.8 Å². The van der Waals surface area contributed by atoms with Gasteiger partial charge in [0.2, 0.25) is 0 Å². The Kier molecular flexibility index (Phi) is 8.31. The molecule has 1 aromatic carbocycles. The summed E-state index contributed by atoms with van der Waals surface area (Å²) < 4.78 is 11.3. The summed E-state index contributed by atoms with van der Waals surface area (Å²) in [4.78, 5) is 0. The van der Waals surface area contributed by atoms with Crippen molar-refractivity contribution < 1.29 is 9.47 Å². The first-order chi connectivity index (χ1) is 9.76. The van der Waals surface area contributed by atoms with Crippen LogP contribution in [0.1, 0.15) is 51.6 Å². The SMILES string of the molecule is CCCNC(c1cccc(OCC)c1)C(CCC)OC. The van der Waals surface area contributed by atoms with E-state index in [1.54, 1.807) is 7.11 Å². The molecule has 0 fully saturated rings. The molecule has 0 bridgehead atoms. The maximum atomic E-state index is 5.70. The van der Waals surface area contributed by atoms with Crippen LogP contribution >= 0.6 is 0 Å². The molecule has 2 unspecified atom stereocenters. The molecule has 2 atom stereocenters. The lowest BCUT2D eigenvalue weighted by molar-refractivity contribution is 0.0605. The van der Waals surface area contributed by atoms with Gasteiger partial charge in [-0.1, -0.05) is 32.4 Å². The first-order valence-corrected chi connectivity index (χ1v) is 7.75. The van der Waals surface area contributed by atoms with Crippen LogP contribution in [0.5, 0.6) is 5.75 Å². The van der Waals surface area contributed by atoms with Crippen molar-refractivity contribution in [3.05, 3.63) is 29.8 Å². The normalized spacial score (nSPS) is 14.0. The first kappa shape index (κ1) is 17.0. The number of ether oxygens (including phenoxy) is 2. The number of nitrogens with one attached hydrogen (secondary N) is 1. The Morgan fingerprint density at radius 1 is 1.15 bits per heavy atom. The molecule has 3 nitrogen and oxygen atoms in total. The van der Waals surface area contributed by atoms with Gasteiger partial charge in [0.15, 0.2) is 0 Å². The molecule has 0 radical (unpaired) electrons. The van der Waals surface area contributed by atoms with E-state index in [0.29, 0.717) is 6.61 Å². The molecule has 20 heavy (non-hydrogen) atoms. The fraction of sp³-hybridized carbons (Fsp3) is 0.647. The average Bonchev–Trinajstić information content (AvgIpc) is 2.47. The lowest BCUT2D eigenvalue weighted by atomic mass is 9.97. The highest BCUT2D eigenvalue weighted by atomic mass is 16.5. The van der Waals surface area contributed by atoms with Gasteiger partial charge >= 0.3 is 0 Å². The molecule has 0 amide bonds. The number of hydrogen-bond donors (Lipinski definition) is 1. The third-order valence-corrected chi connectivity index (χ3v) is 3.39. The van der Waals surface area contributed by atoms with Crippen LogP contribution in [0.25, 0.3) is 0 Å². The smallest absolute Gasteiger partial charge is 0.119 e. The van der Waals surface area contributed by atoms with Crippen LogP contribution in [0.3, 0.4) is 0 Å². The van der Waals surface area contributed by atoms with E-state index in [2.05, 4.69) is 37.4 Å². The molecule has 1 aromatic rings. The fourth-order valence-corrected chi connectivity index (χ4v) is 2.43. The predicted molar refractivity (Wildman–Crippen MR) is 84.4 cm³/mol. The third-order valence-electron chi connectivity index (χ3n) is 3.39. The lowest BCUT2D eigenvalue weighted by Crippen LogP contribution is -2.33. The third kappa shape index (κ3) is 5.14. The molecule has 114 valence electrons. The van der Waals surface area contributed by atoms with Crippen LogP contribution in [0.4, 0.5) is 0 Å². The van der Waals surface area contributed by atoms with Crippen molar-refractivity contribution in [3.8, 4) is 5.75 Å². The van der Waals surface area contributed by atoms with Gasteiger partial charge in [-0.3, -0.25) is 0 Å². The summed E-state index contributed by atoms with van der Waals surface area (Å²) in [5.74, 6) is 0.930. The molecule has 0 heterocycles. The standard InChI is InChI=1S/C17H29NO2/c1-5-9-16(19-4)17(18-12-6-2)14-10-8-11-15(13-14)20-7-3/h8,10-11,13,16-18H,5-7,9,12H2,1-4H3. The van der Waals surface area contributed by atoms with Gasteiger partial charge in [-0.05, 0) is 44.0 Å². The van der Waals surface area contributed by atoms with E-state index in [9.17, 15) is 0 Å². The van der Waals surface area contributed by atoms with Gasteiger partial charge in [-0.25, -0.2) is 0 Å². The van der Waals surface area contributed by atoms with Crippen molar-refractivity contribution in [2.45, 2.75) is 52.2 Å². The van der Waals surface area contributed by atoms with Crippen LogP contribution < -0.4 is 10.1 Å². The molecule has 0 aliphatic carbocycles. The Labute approximate surface area is 123 Å². The molecule has 0 aliphatic rings. The van der Waals surface area contributed by atoms with Crippen LogP contribution in [-0.4, -0.2) is 26.4 Å². The summed E-state index contributed by atoms with van der Waals surface area (Å²) in [6, 6.07) is 8.56. The van der Waals surface area contributed by atoms with E-state index in [4.69, 9.17) is 9.47 Å². The fourth-order valence-electron chi connectivity index (χ4n) is 2.43. The van der Waals surface area contributed by atoms with E-state index >= 15 is 0 Å². The topological polar surface area (TPSA) is 30.5 Å². The maximum Gasteiger partial charge on any atom is 0.119 e. The molecule has 1 rings (SSSR count). The number of rotatable bonds is 10. The second-order valence-electron chi connectivity index (χ2n) is 5.00. The van der Waals surface area contributed by atoms with Crippen LogP contribution in [0.2, 0.25) is 0 Å². The largest absolute Gasteiger partial charge is 0.494 e. The Morgan fingerprint density at radius 3 is 2.55 bits per heavy atom. The highest BCUT2D eigenvalue weighted by Crippen LogP contribution is 2.25. The van der Waals surface area contributed by atoms with Gasteiger partial charge in [0.1, 0.15) is 5.75 Å². The zero-order chi connectivity index (χ0) is 14.8. The highest BCUT2D eigenvalue weighted by molar-refractivity contribution is 5.31. The summed E-state index contributed by atoms with van der Waals surface area (Å²) in [6.45, 7) is 8.07. The highest BCUT2D eigenvalue weighted by Gasteiger charge is 2.22. The number of benzene rings is 1. The van der Waals surface area contributed by atoms with E-state index in [0.717, 1.165) is 31.6 Å². The van der Waals surface area contributed by atoms with E-state index in [1.165, 1.54) is 5.56 Å². The molecule has 0 aromatic heterocycles. The molecule has 0 spiro atoms. The minimum Gasteiger partial charge on any atom is -0.494 e. The lowest BCUT2D eigenvalue weighted by Gasteiger charge is -2.27. The predicted octanol–water partition coefficient (Wildman–Crippen LogP) is 3.94. The van der Waals surface area contributed by atoms with Crippen molar-refractivity contribution in [2.75, 3.05) is 20.3 Å². The summed E-state index contributed by atoms with van der Waals surface area (Å²) >= 11 is 0. The summed E-state index contributed by atoms with van der Waals surface area (Å²) in [7, 11) is 1.80. The molecule has 0 saturated carbocycles. The van der Waals surface area contributed by atoms with Crippen LogP contribution in [-0.2, 0) is 4.74 Å².